The molecule has 0 saturated carbocycles. The molecular weight excluding hydrogens is 268 g/mol. The lowest BCUT2D eigenvalue weighted by Gasteiger charge is -2.25. The summed E-state index contributed by atoms with van der Waals surface area (Å²) in [5.41, 5.74) is 7.23. The first-order chi connectivity index (χ1) is 10.1. The van der Waals surface area contributed by atoms with E-state index in [4.69, 9.17) is 5.73 Å². The topological polar surface area (TPSA) is 87.5 Å². The van der Waals surface area contributed by atoms with Gasteiger partial charge in [-0.2, -0.15) is 0 Å². The Labute approximate surface area is 124 Å². The number of carbonyl (C=O) groups is 2. The quantitative estimate of drug-likeness (QED) is 0.776. The number of primary amides is 1. The van der Waals surface area contributed by atoms with Crippen molar-refractivity contribution in [2.24, 2.45) is 5.73 Å². The molecular formula is C15H22N4O2. The minimum atomic E-state index is -0.811. The van der Waals surface area contributed by atoms with Crippen LogP contribution in [0, 0.1) is 0 Å². The molecule has 1 aliphatic heterocycles. The van der Waals surface area contributed by atoms with E-state index in [9.17, 15) is 9.59 Å². The molecule has 3 amide bonds. The zero-order chi connectivity index (χ0) is 15.2. The van der Waals surface area contributed by atoms with Gasteiger partial charge in [0.25, 0.3) is 0 Å². The van der Waals surface area contributed by atoms with Crippen molar-refractivity contribution in [2.45, 2.75) is 25.8 Å². The third-order valence-electron chi connectivity index (χ3n) is 3.62. The molecule has 6 heteroatoms. The number of hydrogen-bond donors (Lipinski definition) is 3. The number of hydrogen-bond acceptors (Lipinski definition) is 4. The van der Waals surface area contributed by atoms with Crippen molar-refractivity contribution in [3.8, 4) is 0 Å². The molecule has 0 spiro atoms. The number of anilines is 1. The lowest BCUT2D eigenvalue weighted by atomic mass is 10.0. The average molecular weight is 290 g/mol. The highest BCUT2D eigenvalue weighted by molar-refractivity contribution is 5.95. The van der Waals surface area contributed by atoms with Crippen molar-refractivity contribution in [1.29, 1.82) is 0 Å². The lowest BCUT2D eigenvalue weighted by Crippen LogP contribution is -2.42. The zero-order valence-electron chi connectivity index (χ0n) is 12.3. The van der Waals surface area contributed by atoms with Crippen LogP contribution in [-0.2, 0) is 4.79 Å². The van der Waals surface area contributed by atoms with Crippen LogP contribution in [0.4, 0.5) is 10.5 Å². The molecule has 1 heterocycles. The van der Waals surface area contributed by atoms with Gasteiger partial charge in [-0.15, -0.1) is 0 Å². The van der Waals surface area contributed by atoms with Crippen molar-refractivity contribution in [1.82, 2.24) is 10.6 Å². The Hall–Kier alpha value is -2.08. The second-order valence-electron chi connectivity index (χ2n) is 5.15. The highest BCUT2D eigenvalue weighted by Gasteiger charge is 2.23. The summed E-state index contributed by atoms with van der Waals surface area (Å²) in [5, 5.41) is 5.61. The molecule has 0 aliphatic carbocycles. The van der Waals surface area contributed by atoms with Crippen LogP contribution in [0.1, 0.15) is 31.4 Å². The Morgan fingerprint density at radius 1 is 1.38 bits per heavy atom. The van der Waals surface area contributed by atoms with E-state index < -0.39 is 6.03 Å². The Bertz CT molecular complexity index is 518. The number of fused-ring (bicyclic) bond motifs is 1. The maximum atomic E-state index is 11.8. The number of benzene rings is 1. The Balaban J connectivity index is 2.20. The van der Waals surface area contributed by atoms with Gasteiger partial charge in [-0.1, -0.05) is 25.1 Å². The van der Waals surface area contributed by atoms with Gasteiger partial charge in [0.05, 0.1) is 6.54 Å². The zero-order valence-corrected chi connectivity index (χ0v) is 12.3. The fraction of sp³-hybridized carbons (Fsp3) is 0.467. The monoisotopic (exact) mass is 290 g/mol. The van der Waals surface area contributed by atoms with Crippen LogP contribution in [-0.4, -0.2) is 31.6 Å². The maximum Gasteiger partial charge on any atom is 0.318 e. The second kappa shape index (κ2) is 7.08. The smallest absolute Gasteiger partial charge is 0.318 e. The van der Waals surface area contributed by atoms with Gasteiger partial charge in [-0.25, -0.2) is 4.79 Å². The molecule has 0 saturated heterocycles. The van der Waals surface area contributed by atoms with Crippen LogP contribution >= 0.6 is 0 Å². The molecule has 4 N–H and O–H groups in total. The van der Waals surface area contributed by atoms with Gasteiger partial charge in [0.1, 0.15) is 0 Å². The van der Waals surface area contributed by atoms with Crippen LogP contribution in [0.25, 0.3) is 0 Å². The summed E-state index contributed by atoms with van der Waals surface area (Å²) in [5.74, 6) is -0.376. The minimum Gasteiger partial charge on any atom is -0.362 e. The SMILES string of the molecule is CCNC1CCCN(CC(=O)NC(N)=O)c2ccccc21. The fourth-order valence-corrected chi connectivity index (χ4v) is 2.81. The summed E-state index contributed by atoms with van der Waals surface area (Å²) in [6.45, 7) is 3.91. The molecule has 1 aromatic rings. The summed E-state index contributed by atoms with van der Waals surface area (Å²) in [7, 11) is 0. The molecule has 1 unspecified atom stereocenters. The van der Waals surface area contributed by atoms with Gasteiger partial charge in [-0.05, 0) is 31.0 Å². The predicted molar refractivity (Wildman–Crippen MR) is 82.0 cm³/mol. The van der Waals surface area contributed by atoms with Crippen LogP contribution in [0.15, 0.2) is 24.3 Å². The molecule has 0 radical (unpaired) electrons. The maximum absolute atomic E-state index is 11.8. The van der Waals surface area contributed by atoms with Crippen molar-refractivity contribution in [3.63, 3.8) is 0 Å². The number of nitrogens with zero attached hydrogens (tertiary/aromatic N) is 1. The van der Waals surface area contributed by atoms with Crippen LogP contribution < -0.4 is 21.3 Å². The Kier molecular flexibility index (Phi) is 5.16. The molecule has 1 aliphatic rings. The molecule has 1 atom stereocenters. The Morgan fingerprint density at radius 3 is 2.86 bits per heavy atom. The minimum absolute atomic E-state index is 0.138. The number of imide groups is 1. The highest BCUT2D eigenvalue weighted by Crippen LogP contribution is 2.32. The van der Waals surface area contributed by atoms with E-state index in [1.54, 1.807) is 0 Å². The van der Waals surface area contributed by atoms with Crippen LogP contribution in [0.2, 0.25) is 0 Å². The summed E-state index contributed by atoms with van der Waals surface area (Å²) in [6.07, 6.45) is 2.01. The Morgan fingerprint density at radius 2 is 2.14 bits per heavy atom. The number of nitrogens with two attached hydrogens (primary N) is 1. The highest BCUT2D eigenvalue weighted by atomic mass is 16.2. The van der Waals surface area contributed by atoms with Gasteiger partial charge in [0.2, 0.25) is 5.91 Å². The van der Waals surface area contributed by atoms with Crippen molar-refractivity contribution < 1.29 is 9.59 Å². The normalized spacial score (nSPS) is 17.8. The molecule has 2 rings (SSSR count). The molecule has 114 valence electrons. The van der Waals surface area contributed by atoms with Crippen molar-refractivity contribution in [2.75, 3.05) is 24.5 Å². The second-order valence-corrected chi connectivity index (χ2v) is 5.15. The van der Waals surface area contributed by atoms with E-state index in [0.29, 0.717) is 6.04 Å². The molecule has 6 nitrogen and oxygen atoms in total. The summed E-state index contributed by atoms with van der Waals surface area (Å²) in [6, 6.07) is 7.57. The molecule has 1 aromatic carbocycles. The lowest BCUT2D eigenvalue weighted by molar-refractivity contribution is -0.118. The third-order valence-corrected chi connectivity index (χ3v) is 3.62. The van der Waals surface area contributed by atoms with E-state index in [2.05, 4.69) is 23.6 Å². The van der Waals surface area contributed by atoms with Gasteiger partial charge >= 0.3 is 6.03 Å². The standard InChI is InChI=1S/C15H22N4O2/c1-2-17-12-7-5-9-19(10-14(20)18-15(16)21)13-8-4-3-6-11(12)13/h3-4,6,8,12,17H,2,5,7,9-10H2,1H3,(H3,16,18,20,21). The molecule has 0 fully saturated rings. The fourth-order valence-electron chi connectivity index (χ4n) is 2.81. The number of para-hydroxylation sites is 1. The van der Waals surface area contributed by atoms with Crippen molar-refractivity contribution >= 4 is 17.6 Å². The largest absolute Gasteiger partial charge is 0.362 e. The van der Waals surface area contributed by atoms with E-state index in [0.717, 1.165) is 31.6 Å². The third kappa shape index (κ3) is 3.95. The first-order valence-corrected chi connectivity index (χ1v) is 7.28. The number of rotatable bonds is 4. The molecule has 0 bridgehead atoms. The van der Waals surface area contributed by atoms with Crippen LogP contribution in [0.5, 0.6) is 0 Å². The summed E-state index contributed by atoms with van der Waals surface area (Å²) in [4.78, 5) is 24.6. The first-order valence-electron chi connectivity index (χ1n) is 7.28. The number of nitrogens with one attached hydrogen (secondary N) is 2. The predicted octanol–water partition coefficient (Wildman–Crippen LogP) is 1.13. The van der Waals surface area contributed by atoms with Crippen LogP contribution in [0.3, 0.4) is 0 Å². The van der Waals surface area contributed by atoms with Gasteiger partial charge < -0.3 is 16.0 Å². The van der Waals surface area contributed by atoms with E-state index in [1.807, 2.05) is 23.1 Å². The first kappa shape index (κ1) is 15.3. The summed E-state index contributed by atoms with van der Waals surface area (Å²) >= 11 is 0. The van der Waals surface area contributed by atoms with E-state index in [-0.39, 0.29) is 12.5 Å². The number of amides is 3. The van der Waals surface area contributed by atoms with E-state index in [1.165, 1.54) is 5.56 Å². The van der Waals surface area contributed by atoms with Gasteiger partial charge in [0.15, 0.2) is 0 Å². The van der Waals surface area contributed by atoms with Gasteiger partial charge in [-0.3, -0.25) is 10.1 Å². The van der Waals surface area contributed by atoms with Crippen molar-refractivity contribution in [3.05, 3.63) is 29.8 Å². The van der Waals surface area contributed by atoms with Gasteiger partial charge in [0, 0.05) is 18.3 Å². The number of carbonyl (C=O) groups excluding carboxylic acids is 2. The summed E-state index contributed by atoms with van der Waals surface area (Å²) < 4.78 is 0. The number of urea groups is 1. The molecule has 21 heavy (non-hydrogen) atoms. The van der Waals surface area contributed by atoms with E-state index >= 15 is 0 Å². The average Bonchev–Trinajstić information content (AvgIpc) is 2.60. The molecule has 0 aromatic heterocycles.